The van der Waals surface area contributed by atoms with Crippen molar-refractivity contribution in [2.45, 2.75) is 44.2 Å². The summed E-state index contributed by atoms with van der Waals surface area (Å²) in [4.78, 5) is 4.20. The normalized spacial score (nSPS) is 20.3. The van der Waals surface area contributed by atoms with Crippen LogP contribution >= 0.6 is 11.3 Å². The zero-order valence-corrected chi connectivity index (χ0v) is 9.72. The van der Waals surface area contributed by atoms with E-state index in [-0.39, 0.29) is 0 Å². The Balaban J connectivity index is 1.72. The average molecular weight is 226 g/mol. The summed E-state index contributed by atoms with van der Waals surface area (Å²) >= 11 is 1.65. The molecule has 0 aliphatic heterocycles. The van der Waals surface area contributed by atoms with Crippen LogP contribution in [0.1, 0.15) is 37.1 Å². The molecule has 0 saturated heterocycles. The summed E-state index contributed by atoms with van der Waals surface area (Å²) in [5.74, 6) is 0. The lowest BCUT2D eigenvalue weighted by Gasteiger charge is -2.32. The number of nitrogens with zero attached hydrogens (tertiary/aromatic N) is 1. The van der Waals surface area contributed by atoms with Crippen molar-refractivity contribution in [2.24, 2.45) is 0 Å². The van der Waals surface area contributed by atoms with E-state index in [0.717, 1.165) is 37.2 Å². The maximum atomic E-state index is 10.2. The van der Waals surface area contributed by atoms with Gasteiger partial charge < -0.3 is 10.4 Å². The zero-order valence-electron chi connectivity index (χ0n) is 8.91. The van der Waals surface area contributed by atoms with Gasteiger partial charge in [-0.1, -0.05) is 19.3 Å². The summed E-state index contributed by atoms with van der Waals surface area (Å²) in [7, 11) is 0. The molecule has 1 saturated carbocycles. The van der Waals surface area contributed by atoms with Crippen LogP contribution in [0, 0.1) is 0 Å². The van der Waals surface area contributed by atoms with E-state index in [4.69, 9.17) is 0 Å². The second-order valence-corrected chi connectivity index (χ2v) is 5.29. The summed E-state index contributed by atoms with van der Waals surface area (Å²) in [6.07, 6.45) is 7.30. The molecule has 0 radical (unpaired) electrons. The zero-order chi connectivity index (χ0) is 10.6. The molecule has 3 nitrogen and oxygen atoms in total. The largest absolute Gasteiger partial charge is 0.389 e. The van der Waals surface area contributed by atoms with Gasteiger partial charge in [0, 0.05) is 24.7 Å². The number of aromatic nitrogens is 1. The van der Waals surface area contributed by atoms with E-state index in [2.05, 4.69) is 10.3 Å². The standard InChI is InChI=1S/C11H18N2OS/c14-11(4-2-1-3-5-11)9-12-8-10-13-6-7-15-10/h6-7,12,14H,1-5,8-9H2. The van der Waals surface area contributed by atoms with Crippen LogP contribution in [0.4, 0.5) is 0 Å². The average Bonchev–Trinajstić information content (AvgIpc) is 2.71. The van der Waals surface area contributed by atoms with Crippen LogP contribution in [0.2, 0.25) is 0 Å². The highest BCUT2D eigenvalue weighted by Gasteiger charge is 2.28. The van der Waals surface area contributed by atoms with Crippen LogP contribution in [0.25, 0.3) is 0 Å². The maximum Gasteiger partial charge on any atom is 0.106 e. The summed E-state index contributed by atoms with van der Waals surface area (Å²) in [5.41, 5.74) is -0.463. The molecular weight excluding hydrogens is 208 g/mol. The number of rotatable bonds is 4. The lowest BCUT2D eigenvalue weighted by atomic mass is 9.85. The molecule has 0 amide bonds. The fourth-order valence-corrected chi connectivity index (χ4v) is 2.71. The van der Waals surface area contributed by atoms with Gasteiger partial charge in [-0.3, -0.25) is 0 Å². The Bertz CT molecular complexity index is 281. The Hall–Kier alpha value is -0.450. The summed E-state index contributed by atoms with van der Waals surface area (Å²) in [5, 5.41) is 16.6. The van der Waals surface area contributed by atoms with Crippen LogP contribution in [-0.2, 0) is 6.54 Å². The first-order chi connectivity index (χ1) is 7.29. The fraction of sp³-hybridized carbons (Fsp3) is 0.727. The highest BCUT2D eigenvalue weighted by Crippen LogP contribution is 2.27. The van der Waals surface area contributed by atoms with Gasteiger partial charge in [0.05, 0.1) is 5.60 Å². The van der Waals surface area contributed by atoms with E-state index < -0.39 is 5.60 Å². The van der Waals surface area contributed by atoms with Crippen LogP contribution in [0.3, 0.4) is 0 Å². The third kappa shape index (κ3) is 3.26. The third-order valence-electron chi connectivity index (χ3n) is 3.00. The SMILES string of the molecule is OC1(CNCc2nccs2)CCCCC1. The van der Waals surface area contributed by atoms with Crippen molar-refractivity contribution >= 4 is 11.3 Å². The van der Waals surface area contributed by atoms with E-state index in [0.29, 0.717) is 6.54 Å². The van der Waals surface area contributed by atoms with E-state index in [1.165, 1.54) is 6.42 Å². The highest BCUT2D eigenvalue weighted by atomic mass is 32.1. The van der Waals surface area contributed by atoms with Crippen LogP contribution in [0.5, 0.6) is 0 Å². The molecular formula is C11H18N2OS. The van der Waals surface area contributed by atoms with Gasteiger partial charge in [-0.25, -0.2) is 4.98 Å². The Morgan fingerprint density at radius 1 is 1.40 bits per heavy atom. The van der Waals surface area contributed by atoms with Gasteiger partial charge in [0.15, 0.2) is 0 Å². The number of nitrogens with one attached hydrogen (secondary N) is 1. The summed E-state index contributed by atoms with van der Waals surface area (Å²) < 4.78 is 0. The number of hydrogen-bond acceptors (Lipinski definition) is 4. The van der Waals surface area contributed by atoms with Crippen LogP contribution in [-0.4, -0.2) is 22.2 Å². The van der Waals surface area contributed by atoms with Gasteiger partial charge in [0.25, 0.3) is 0 Å². The highest BCUT2D eigenvalue weighted by molar-refractivity contribution is 7.09. The molecule has 4 heteroatoms. The lowest BCUT2D eigenvalue weighted by molar-refractivity contribution is 0.00467. The molecule has 1 aromatic rings. The minimum atomic E-state index is -0.463. The molecule has 1 aliphatic rings. The van der Waals surface area contributed by atoms with Gasteiger partial charge >= 0.3 is 0 Å². The number of hydrogen-bond donors (Lipinski definition) is 2. The van der Waals surface area contributed by atoms with Gasteiger partial charge in [-0.2, -0.15) is 0 Å². The van der Waals surface area contributed by atoms with E-state index in [9.17, 15) is 5.11 Å². The molecule has 1 fully saturated rings. The Kier molecular flexibility index (Phi) is 3.72. The smallest absolute Gasteiger partial charge is 0.106 e. The first-order valence-electron chi connectivity index (χ1n) is 5.60. The second kappa shape index (κ2) is 5.05. The predicted molar refractivity (Wildman–Crippen MR) is 61.9 cm³/mol. The first kappa shape index (κ1) is 11.0. The van der Waals surface area contributed by atoms with Crippen molar-refractivity contribution < 1.29 is 5.11 Å². The molecule has 1 aliphatic carbocycles. The Morgan fingerprint density at radius 2 is 2.20 bits per heavy atom. The second-order valence-electron chi connectivity index (χ2n) is 4.31. The molecule has 2 rings (SSSR count). The van der Waals surface area contributed by atoms with E-state index in [1.807, 2.05) is 11.6 Å². The van der Waals surface area contributed by atoms with Crippen molar-refractivity contribution in [3.8, 4) is 0 Å². The summed E-state index contributed by atoms with van der Waals surface area (Å²) in [6.45, 7) is 1.48. The fourth-order valence-electron chi connectivity index (χ4n) is 2.13. The third-order valence-corrected chi connectivity index (χ3v) is 3.78. The lowest BCUT2D eigenvalue weighted by Crippen LogP contribution is -2.41. The van der Waals surface area contributed by atoms with Crippen molar-refractivity contribution in [3.63, 3.8) is 0 Å². The van der Waals surface area contributed by atoms with Crippen molar-refractivity contribution in [2.75, 3.05) is 6.54 Å². The predicted octanol–water partition coefficient (Wildman–Crippen LogP) is 1.93. The van der Waals surface area contributed by atoms with Crippen LogP contribution < -0.4 is 5.32 Å². The molecule has 0 unspecified atom stereocenters. The molecule has 1 aromatic heterocycles. The molecule has 84 valence electrons. The Labute approximate surface area is 94.5 Å². The van der Waals surface area contributed by atoms with E-state index in [1.54, 1.807) is 11.3 Å². The van der Waals surface area contributed by atoms with Gasteiger partial charge in [-0.05, 0) is 12.8 Å². The number of aliphatic hydroxyl groups is 1. The minimum Gasteiger partial charge on any atom is -0.389 e. The Morgan fingerprint density at radius 3 is 2.87 bits per heavy atom. The molecule has 0 spiro atoms. The quantitative estimate of drug-likeness (QED) is 0.824. The van der Waals surface area contributed by atoms with Gasteiger partial charge in [-0.15, -0.1) is 11.3 Å². The topological polar surface area (TPSA) is 45.1 Å². The van der Waals surface area contributed by atoms with Gasteiger partial charge in [0.1, 0.15) is 5.01 Å². The molecule has 0 aromatic carbocycles. The molecule has 0 atom stereocenters. The first-order valence-corrected chi connectivity index (χ1v) is 6.48. The van der Waals surface area contributed by atoms with E-state index >= 15 is 0 Å². The van der Waals surface area contributed by atoms with Crippen LogP contribution in [0.15, 0.2) is 11.6 Å². The van der Waals surface area contributed by atoms with Crippen molar-refractivity contribution in [3.05, 3.63) is 16.6 Å². The minimum absolute atomic E-state index is 0.463. The molecule has 1 heterocycles. The maximum absolute atomic E-state index is 10.2. The monoisotopic (exact) mass is 226 g/mol. The molecule has 2 N–H and O–H groups in total. The van der Waals surface area contributed by atoms with Gasteiger partial charge in [0.2, 0.25) is 0 Å². The molecule has 15 heavy (non-hydrogen) atoms. The van der Waals surface area contributed by atoms with Crippen molar-refractivity contribution in [1.29, 1.82) is 0 Å². The molecule has 0 bridgehead atoms. The number of thiazole rings is 1. The summed E-state index contributed by atoms with van der Waals surface area (Å²) in [6, 6.07) is 0. The van der Waals surface area contributed by atoms with Crippen molar-refractivity contribution in [1.82, 2.24) is 10.3 Å².